The summed E-state index contributed by atoms with van der Waals surface area (Å²) in [6.07, 6.45) is 8.40. The fraction of sp³-hybridized carbons (Fsp3) is 0.348. The zero-order valence-corrected chi connectivity index (χ0v) is 19.9. The molecule has 1 aliphatic rings. The fourth-order valence-electron chi connectivity index (χ4n) is 3.89. The molecule has 0 spiro atoms. The maximum atomic E-state index is 11.9. The highest BCUT2D eigenvalue weighted by Crippen LogP contribution is 2.33. The summed E-state index contributed by atoms with van der Waals surface area (Å²) in [5.74, 6) is 1.40. The predicted molar refractivity (Wildman–Crippen MR) is 136 cm³/mol. The third kappa shape index (κ3) is 5.37. The zero-order chi connectivity index (χ0) is 23.0. The van der Waals surface area contributed by atoms with E-state index in [0.29, 0.717) is 24.6 Å². The molecule has 4 aromatic rings. The monoisotopic (exact) mass is 500 g/mol. The molecule has 0 amide bonds. The van der Waals surface area contributed by atoms with Crippen LogP contribution in [0.25, 0.3) is 21.5 Å². The molecule has 4 heterocycles. The number of ether oxygens (including phenoxy) is 1. The molecule has 11 heteroatoms. The number of hydrogen-bond acceptors (Lipinski definition) is 8. The Bertz CT molecular complexity index is 1400. The van der Waals surface area contributed by atoms with Gasteiger partial charge in [0.25, 0.3) is 0 Å². The number of aryl methyl sites for hydroxylation is 1. The molecule has 1 aliphatic heterocycles. The van der Waals surface area contributed by atoms with Gasteiger partial charge in [-0.15, -0.1) is 0 Å². The number of benzene rings is 1. The molecular formula is C23H28N6O3S2. The average Bonchev–Trinajstić information content (AvgIpc) is 3.39. The standard InChI is InChI=1S/C22H24N6O3S2.CH4/c1-27-13-15(12-24-27)20-10-18(7-8-23-20)31-17-5-6-19-21(11-17)32-22(26-19)25-16-4-3-9-28(14-16)33(2,29)30;/h5-8,10-13,16H,3-4,9,14H2,1-2H3,(H,25,26);1H4/t16-;/m0./s1. The van der Waals surface area contributed by atoms with E-state index in [0.717, 1.165) is 39.4 Å². The van der Waals surface area contributed by atoms with Crippen LogP contribution in [0.4, 0.5) is 5.13 Å². The first-order valence-corrected chi connectivity index (χ1v) is 13.3. The minimum atomic E-state index is -3.18. The van der Waals surface area contributed by atoms with Crippen molar-refractivity contribution in [2.75, 3.05) is 24.7 Å². The molecule has 3 aromatic heterocycles. The number of nitrogens with zero attached hydrogens (tertiary/aromatic N) is 5. The number of sulfonamides is 1. The van der Waals surface area contributed by atoms with Crippen LogP contribution in [0.3, 0.4) is 0 Å². The Morgan fingerprint density at radius 1 is 1.21 bits per heavy atom. The molecule has 180 valence electrons. The van der Waals surface area contributed by atoms with Crippen LogP contribution in [0.5, 0.6) is 11.5 Å². The quantitative estimate of drug-likeness (QED) is 0.420. The van der Waals surface area contributed by atoms with Gasteiger partial charge >= 0.3 is 0 Å². The van der Waals surface area contributed by atoms with Gasteiger partial charge in [-0.3, -0.25) is 9.67 Å². The number of anilines is 1. The van der Waals surface area contributed by atoms with Crippen molar-refractivity contribution in [2.24, 2.45) is 7.05 Å². The molecule has 1 fully saturated rings. The third-order valence-corrected chi connectivity index (χ3v) is 7.73. The van der Waals surface area contributed by atoms with Crippen LogP contribution >= 0.6 is 11.3 Å². The molecule has 1 atom stereocenters. The lowest BCUT2D eigenvalue weighted by Crippen LogP contribution is -2.44. The predicted octanol–water partition coefficient (Wildman–Crippen LogP) is 4.36. The molecule has 0 bridgehead atoms. The number of piperidine rings is 1. The summed E-state index contributed by atoms with van der Waals surface area (Å²) in [6, 6.07) is 9.54. The minimum Gasteiger partial charge on any atom is -0.457 e. The zero-order valence-electron chi connectivity index (χ0n) is 18.3. The van der Waals surface area contributed by atoms with E-state index < -0.39 is 10.0 Å². The van der Waals surface area contributed by atoms with E-state index in [1.54, 1.807) is 17.1 Å². The first-order chi connectivity index (χ1) is 15.8. The lowest BCUT2D eigenvalue weighted by Gasteiger charge is -2.31. The molecule has 34 heavy (non-hydrogen) atoms. The summed E-state index contributed by atoms with van der Waals surface area (Å²) in [5, 5.41) is 8.39. The summed E-state index contributed by atoms with van der Waals surface area (Å²) in [7, 11) is -1.31. The van der Waals surface area contributed by atoms with Gasteiger partial charge in [0.2, 0.25) is 10.0 Å². The van der Waals surface area contributed by atoms with Gasteiger partial charge < -0.3 is 10.1 Å². The maximum absolute atomic E-state index is 11.9. The first kappa shape index (κ1) is 24.1. The lowest BCUT2D eigenvalue weighted by molar-refractivity contribution is 0.329. The Morgan fingerprint density at radius 2 is 2.03 bits per heavy atom. The highest BCUT2D eigenvalue weighted by molar-refractivity contribution is 7.88. The number of rotatable bonds is 6. The van der Waals surface area contributed by atoms with Crippen LogP contribution in [0.2, 0.25) is 0 Å². The van der Waals surface area contributed by atoms with E-state index in [9.17, 15) is 8.42 Å². The Balaban J connectivity index is 0.00000274. The number of fused-ring (bicyclic) bond motifs is 1. The van der Waals surface area contributed by atoms with Crippen molar-refractivity contribution in [3.63, 3.8) is 0 Å². The normalized spacial score (nSPS) is 16.8. The van der Waals surface area contributed by atoms with Gasteiger partial charge in [0, 0.05) is 56.3 Å². The van der Waals surface area contributed by atoms with Crippen molar-refractivity contribution in [1.82, 2.24) is 24.1 Å². The SMILES string of the molecule is C.Cn1cc(-c2cc(Oc3ccc4nc(N[C@H]5CCCN(S(C)(=O)=O)C5)sc4c3)ccn2)cn1. The van der Waals surface area contributed by atoms with E-state index in [1.807, 2.05) is 43.6 Å². The van der Waals surface area contributed by atoms with Gasteiger partial charge in [-0.05, 0) is 31.0 Å². The molecule has 5 rings (SSSR count). The number of thiazole rings is 1. The fourth-order valence-corrected chi connectivity index (χ4v) is 5.77. The third-order valence-electron chi connectivity index (χ3n) is 5.51. The van der Waals surface area contributed by atoms with Crippen molar-refractivity contribution in [3.8, 4) is 22.8 Å². The smallest absolute Gasteiger partial charge is 0.211 e. The molecular weight excluding hydrogens is 472 g/mol. The van der Waals surface area contributed by atoms with E-state index >= 15 is 0 Å². The summed E-state index contributed by atoms with van der Waals surface area (Å²) in [6.45, 7) is 1.04. The van der Waals surface area contributed by atoms with Crippen molar-refractivity contribution in [3.05, 3.63) is 48.9 Å². The van der Waals surface area contributed by atoms with Crippen LogP contribution in [-0.2, 0) is 17.1 Å². The maximum Gasteiger partial charge on any atom is 0.211 e. The molecule has 1 aromatic carbocycles. The average molecular weight is 501 g/mol. The van der Waals surface area contributed by atoms with Crippen molar-refractivity contribution < 1.29 is 13.2 Å². The molecule has 0 saturated carbocycles. The number of hydrogen-bond donors (Lipinski definition) is 1. The first-order valence-electron chi connectivity index (χ1n) is 10.6. The molecule has 1 saturated heterocycles. The van der Waals surface area contributed by atoms with E-state index in [1.165, 1.54) is 21.9 Å². The van der Waals surface area contributed by atoms with Gasteiger partial charge in [-0.1, -0.05) is 18.8 Å². The van der Waals surface area contributed by atoms with Gasteiger partial charge in [0.1, 0.15) is 11.5 Å². The van der Waals surface area contributed by atoms with Gasteiger partial charge in [-0.25, -0.2) is 17.7 Å². The van der Waals surface area contributed by atoms with Gasteiger partial charge in [-0.2, -0.15) is 5.10 Å². The summed E-state index contributed by atoms with van der Waals surface area (Å²) in [4.78, 5) is 9.07. The highest BCUT2D eigenvalue weighted by atomic mass is 32.2. The Labute approximate surface area is 203 Å². The van der Waals surface area contributed by atoms with Crippen LogP contribution in [0.15, 0.2) is 48.9 Å². The second-order valence-electron chi connectivity index (χ2n) is 8.13. The van der Waals surface area contributed by atoms with Crippen molar-refractivity contribution in [2.45, 2.75) is 26.3 Å². The lowest BCUT2D eigenvalue weighted by atomic mass is 10.1. The van der Waals surface area contributed by atoms with Crippen molar-refractivity contribution in [1.29, 1.82) is 0 Å². The van der Waals surface area contributed by atoms with Crippen molar-refractivity contribution >= 4 is 36.7 Å². The summed E-state index contributed by atoms with van der Waals surface area (Å²) < 4.78 is 34.1. The van der Waals surface area contributed by atoms with E-state index in [-0.39, 0.29) is 13.5 Å². The number of pyridine rings is 1. The largest absolute Gasteiger partial charge is 0.457 e. The molecule has 0 aliphatic carbocycles. The van der Waals surface area contributed by atoms with E-state index in [4.69, 9.17) is 4.74 Å². The number of nitrogens with one attached hydrogen (secondary N) is 1. The molecule has 1 N–H and O–H groups in total. The number of aromatic nitrogens is 4. The van der Waals surface area contributed by atoms with Gasteiger partial charge in [0.05, 0.1) is 28.4 Å². The molecule has 0 radical (unpaired) electrons. The van der Waals surface area contributed by atoms with Crippen LogP contribution in [-0.4, -0.2) is 57.9 Å². The van der Waals surface area contributed by atoms with Crippen LogP contribution in [0.1, 0.15) is 20.3 Å². The Hall–Kier alpha value is -3.02. The molecule has 9 nitrogen and oxygen atoms in total. The minimum absolute atomic E-state index is 0. The summed E-state index contributed by atoms with van der Waals surface area (Å²) >= 11 is 1.53. The topological polar surface area (TPSA) is 102 Å². The Morgan fingerprint density at radius 3 is 2.79 bits per heavy atom. The second-order valence-corrected chi connectivity index (χ2v) is 11.1. The summed E-state index contributed by atoms with van der Waals surface area (Å²) in [5.41, 5.74) is 2.59. The second kappa shape index (κ2) is 9.69. The Kier molecular flexibility index (Phi) is 6.87. The van der Waals surface area contributed by atoms with E-state index in [2.05, 4.69) is 20.4 Å². The molecule has 0 unspecified atom stereocenters. The van der Waals surface area contributed by atoms with Gasteiger partial charge in [0.15, 0.2) is 5.13 Å². The van der Waals surface area contributed by atoms with Crippen LogP contribution < -0.4 is 10.1 Å². The van der Waals surface area contributed by atoms with Crippen LogP contribution in [0, 0.1) is 0 Å². The highest BCUT2D eigenvalue weighted by Gasteiger charge is 2.26.